The molecule has 0 saturated carbocycles. The van der Waals surface area contributed by atoms with Gasteiger partial charge in [0.15, 0.2) is 11.5 Å². The van der Waals surface area contributed by atoms with Gasteiger partial charge in [-0.05, 0) is 56.0 Å². The first-order chi connectivity index (χ1) is 19.0. The van der Waals surface area contributed by atoms with Gasteiger partial charge in [-0.15, -0.1) is 0 Å². The van der Waals surface area contributed by atoms with Crippen molar-refractivity contribution in [1.29, 1.82) is 0 Å². The van der Waals surface area contributed by atoms with Crippen molar-refractivity contribution in [2.45, 2.75) is 59.0 Å². The zero-order chi connectivity index (χ0) is 28.0. The average Bonchev–Trinajstić information content (AvgIpc) is 2.95. The van der Waals surface area contributed by atoms with Crippen molar-refractivity contribution in [3.8, 4) is 11.5 Å². The van der Waals surface area contributed by atoms with Crippen LogP contribution in [-0.2, 0) is 29.0 Å². The molecule has 0 radical (unpaired) electrons. The van der Waals surface area contributed by atoms with Crippen LogP contribution in [0.1, 0.15) is 50.3 Å². The molecule has 0 fully saturated rings. The highest BCUT2D eigenvalue weighted by Gasteiger charge is 2.30. The number of amides is 2. The lowest BCUT2D eigenvalue weighted by atomic mass is 10.0. The lowest BCUT2D eigenvalue weighted by molar-refractivity contribution is -0.141. The molecule has 0 aliphatic heterocycles. The Morgan fingerprint density at radius 2 is 1.56 bits per heavy atom. The Balaban J connectivity index is 1.89. The summed E-state index contributed by atoms with van der Waals surface area (Å²) in [5.74, 6) is 0.415. The van der Waals surface area contributed by atoms with Gasteiger partial charge in [-0.3, -0.25) is 9.59 Å². The van der Waals surface area contributed by atoms with Crippen LogP contribution in [0.3, 0.4) is 0 Å². The number of hydrogen-bond donors (Lipinski definition) is 1. The molecule has 0 heterocycles. The molecule has 2 amide bonds. The lowest BCUT2D eigenvalue weighted by Gasteiger charge is -2.32. The predicted octanol–water partition coefficient (Wildman–Crippen LogP) is 5.72. The smallest absolute Gasteiger partial charge is 0.243 e. The normalized spacial score (nSPS) is 11.5. The first-order valence-corrected chi connectivity index (χ1v) is 13.7. The van der Waals surface area contributed by atoms with Gasteiger partial charge in [0.25, 0.3) is 0 Å². The highest BCUT2D eigenvalue weighted by Crippen LogP contribution is 2.29. The third-order valence-electron chi connectivity index (χ3n) is 6.35. The van der Waals surface area contributed by atoms with Crippen molar-refractivity contribution in [3.05, 3.63) is 95.3 Å². The molecular weight excluding hydrogens is 495 g/mol. The minimum Gasteiger partial charge on any atom is -0.490 e. The van der Waals surface area contributed by atoms with Crippen molar-refractivity contribution in [2.24, 2.45) is 0 Å². The van der Waals surface area contributed by atoms with Gasteiger partial charge in [-0.2, -0.15) is 0 Å². The topological polar surface area (TPSA) is 67.9 Å². The number of aryl methyl sites for hydroxylation is 1. The fourth-order valence-corrected chi connectivity index (χ4v) is 4.38. The Morgan fingerprint density at radius 3 is 2.26 bits per heavy atom. The standard InChI is InChI=1S/C32H39FN2O4/c1-4-20-34-32(37)28(21-24-12-8-7-9-13-24)35(23-26-14-10-11-15-27(26)33)31(36)19-17-25-16-18-29(38-5-2)30(22-25)39-6-3/h7-16,18,22,28H,4-6,17,19-21,23H2,1-3H3,(H,34,37). The lowest BCUT2D eigenvalue weighted by Crippen LogP contribution is -2.50. The molecule has 39 heavy (non-hydrogen) atoms. The number of nitrogens with zero attached hydrogens (tertiary/aromatic N) is 1. The van der Waals surface area contributed by atoms with Gasteiger partial charge in [0.2, 0.25) is 11.8 Å². The molecule has 208 valence electrons. The number of rotatable bonds is 15. The van der Waals surface area contributed by atoms with Crippen LogP contribution >= 0.6 is 0 Å². The van der Waals surface area contributed by atoms with Crippen LogP contribution in [0.15, 0.2) is 72.8 Å². The highest BCUT2D eigenvalue weighted by atomic mass is 19.1. The van der Waals surface area contributed by atoms with Gasteiger partial charge in [-0.1, -0.05) is 61.5 Å². The summed E-state index contributed by atoms with van der Waals surface area (Å²) in [6, 6.07) is 20.8. The van der Waals surface area contributed by atoms with Crippen molar-refractivity contribution in [3.63, 3.8) is 0 Å². The van der Waals surface area contributed by atoms with Crippen LogP contribution in [0.25, 0.3) is 0 Å². The summed E-state index contributed by atoms with van der Waals surface area (Å²) in [4.78, 5) is 28.7. The Hall–Kier alpha value is -3.87. The molecule has 0 saturated heterocycles. The van der Waals surface area contributed by atoms with Crippen LogP contribution in [0.2, 0.25) is 0 Å². The highest BCUT2D eigenvalue weighted by molar-refractivity contribution is 5.88. The molecule has 6 nitrogen and oxygen atoms in total. The molecule has 1 atom stereocenters. The molecule has 3 rings (SSSR count). The third kappa shape index (κ3) is 8.84. The minimum absolute atomic E-state index is 0.00394. The van der Waals surface area contributed by atoms with E-state index in [-0.39, 0.29) is 24.8 Å². The first-order valence-electron chi connectivity index (χ1n) is 13.7. The number of ether oxygens (including phenoxy) is 2. The summed E-state index contributed by atoms with van der Waals surface area (Å²) in [5, 5.41) is 2.94. The van der Waals surface area contributed by atoms with E-state index >= 15 is 0 Å². The minimum atomic E-state index is -0.787. The summed E-state index contributed by atoms with van der Waals surface area (Å²) in [7, 11) is 0. The molecule has 0 aromatic heterocycles. The zero-order valence-electron chi connectivity index (χ0n) is 23.1. The Kier molecular flexibility index (Phi) is 11.8. The van der Waals surface area contributed by atoms with Gasteiger partial charge in [0, 0.05) is 31.5 Å². The van der Waals surface area contributed by atoms with E-state index in [1.807, 2.05) is 69.3 Å². The van der Waals surface area contributed by atoms with E-state index in [0.717, 1.165) is 17.5 Å². The van der Waals surface area contributed by atoms with Crippen molar-refractivity contribution >= 4 is 11.8 Å². The summed E-state index contributed by atoms with van der Waals surface area (Å²) >= 11 is 0. The maximum atomic E-state index is 14.7. The molecule has 1 N–H and O–H groups in total. The van der Waals surface area contributed by atoms with E-state index in [4.69, 9.17) is 9.47 Å². The molecule has 0 bridgehead atoms. The van der Waals surface area contributed by atoms with E-state index in [9.17, 15) is 14.0 Å². The summed E-state index contributed by atoms with van der Waals surface area (Å²) in [5.41, 5.74) is 2.20. The summed E-state index contributed by atoms with van der Waals surface area (Å²) in [6.07, 6.45) is 1.69. The molecule has 0 aliphatic rings. The number of halogens is 1. The van der Waals surface area contributed by atoms with Crippen LogP contribution < -0.4 is 14.8 Å². The summed E-state index contributed by atoms with van der Waals surface area (Å²) in [6.45, 7) is 7.30. The molecule has 7 heteroatoms. The van der Waals surface area contributed by atoms with Crippen LogP contribution in [-0.4, -0.2) is 42.5 Å². The number of benzene rings is 3. The molecule has 1 unspecified atom stereocenters. The second-order valence-electron chi connectivity index (χ2n) is 9.26. The fraction of sp³-hybridized carbons (Fsp3) is 0.375. The number of nitrogens with one attached hydrogen (secondary N) is 1. The monoisotopic (exact) mass is 534 g/mol. The molecule has 3 aromatic rings. The first kappa shape index (κ1) is 29.7. The van der Waals surface area contributed by atoms with E-state index in [1.54, 1.807) is 18.2 Å². The SMILES string of the molecule is CCCNC(=O)C(Cc1ccccc1)N(Cc1ccccc1F)C(=O)CCc1ccc(OCC)c(OCC)c1. The largest absolute Gasteiger partial charge is 0.490 e. The second-order valence-corrected chi connectivity index (χ2v) is 9.26. The van der Waals surface area contributed by atoms with Gasteiger partial charge in [0.1, 0.15) is 11.9 Å². The van der Waals surface area contributed by atoms with Gasteiger partial charge >= 0.3 is 0 Å². The van der Waals surface area contributed by atoms with Crippen LogP contribution in [0.5, 0.6) is 11.5 Å². The van der Waals surface area contributed by atoms with Gasteiger partial charge in [0.05, 0.1) is 13.2 Å². The van der Waals surface area contributed by atoms with E-state index in [0.29, 0.717) is 49.7 Å². The number of carbonyl (C=O) groups is 2. The third-order valence-corrected chi connectivity index (χ3v) is 6.35. The quantitative estimate of drug-likeness (QED) is 0.271. The summed E-state index contributed by atoms with van der Waals surface area (Å²) < 4.78 is 26.1. The van der Waals surface area contributed by atoms with Gasteiger partial charge in [-0.25, -0.2) is 4.39 Å². The van der Waals surface area contributed by atoms with Crippen molar-refractivity contribution in [2.75, 3.05) is 19.8 Å². The Bertz CT molecular complexity index is 1200. The Labute approximate surface area is 231 Å². The molecule has 0 aliphatic carbocycles. The van der Waals surface area contributed by atoms with Crippen LogP contribution in [0, 0.1) is 5.82 Å². The Morgan fingerprint density at radius 1 is 0.872 bits per heavy atom. The maximum Gasteiger partial charge on any atom is 0.243 e. The van der Waals surface area contributed by atoms with E-state index in [1.165, 1.54) is 11.0 Å². The van der Waals surface area contributed by atoms with Crippen LogP contribution in [0.4, 0.5) is 4.39 Å². The van der Waals surface area contributed by atoms with E-state index < -0.39 is 11.9 Å². The molecule has 0 spiro atoms. The zero-order valence-corrected chi connectivity index (χ0v) is 23.1. The van der Waals surface area contributed by atoms with Crippen molar-refractivity contribution in [1.82, 2.24) is 10.2 Å². The molecule has 3 aromatic carbocycles. The number of hydrogen-bond acceptors (Lipinski definition) is 4. The van der Waals surface area contributed by atoms with E-state index in [2.05, 4.69) is 5.32 Å². The average molecular weight is 535 g/mol. The predicted molar refractivity (Wildman–Crippen MR) is 151 cm³/mol. The van der Waals surface area contributed by atoms with Gasteiger partial charge < -0.3 is 19.7 Å². The second kappa shape index (κ2) is 15.5. The fourth-order valence-electron chi connectivity index (χ4n) is 4.38. The number of carbonyl (C=O) groups excluding carboxylic acids is 2. The maximum absolute atomic E-state index is 14.7. The van der Waals surface area contributed by atoms with Crippen molar-refractivity contribution < 1.29 is 23.5 Å². The molecular formula is C32H39FN2O4.